The van der Waals surface area contributed by atoms with Gasteiger partial charge in [0.25, 0.3) is 0 Å². The summed E-state index contributed by atoms with van der Waals surface area (Å²) in [6.07, 6.45) is 0.961. The molecule has 0 radical (unpaired) electrons. The van der Waals surface area contributed by atoms with Crippen molar-refractivity contribution in [2.75, 3.05) is 46.8 Å². The van der Waals surface area contributed by atoms with E-state index in [-0.39, 0.29) is 0 Å². The Morgan fingerprint density at radius 2 is 2.15 bits per heavy atom. The van der Waals surface area contributed by atoms with Gasteiger partial charge >= 0.3 is 0 Å². The Kier molecular flexibility index (Phi) is 8.87. The Labute approximate surface area is 86.4 Å². The third-order valence-electron chi connectivity index (χ3n) is 1.82. The number of methoxy groups -OCH3 is 1. The van der Waals surface area contributed by atoms with Gasteiger partial charge in [-0.2, -0.15) is 0 Å². The van der Waals surface area contributed by atoms with Crippen molar-refractivity contribution in [3.63, 3.8) is 0 Å². The van der Waals surface area contributed by atoms with Crippen LogP contribution < -0.4 is 5.32 Å². The monoisotopic (exact) mass is 208 g/mol. The minimum Gasteiger partial charge on any atom is -0.383 e. The predicted octanol–water partition coefficient (Wildman–Crippen LogP) is 0.782. The average molecular weight is 209 g/mol. The molecule has 13 heavy (non-hydrogen) atoms. The van der Waals surface area contributed by atoms with E-state index in [0.717, 1.165) is 26.1 Å². The van der Waals surface area contributed by atoms with Crippen LogP contribution in [-0.2, 0) is 4.74 Å². The molecular formula is C9H21ClN2O. The molecule has 0 heterocycles. The first-order chi connectivity index (χ1) is 6.20. The van der Waals surface area contributed by atoms with Crippen molar-refractivity contribution in [3.8, 4) is 0 Å². The van der Waals surface area contributed by atoms with E-state index in [0.29, 0.717) is 11.9 Å². The quantitative estimate of drug-likeness (QED) is 0.597. The Balaban J connectivity index is 3.44. The predicted molar refractivity (Wildman–Crippen MR) is 57.6 cm³/mol. The molecule has 0 aromatic heterocycles. The van der Waals surface area contributed by atoms with Crippen molar-refractivity contribution in [3.05, 3.63) is 0 Å². The maximum Gasteiger partial charge on any atom is 0.0616 e. The summed E-state index contributed by atoms with van der Waals surface area (Å²) in [6, 6.07) is 0.391. The minimum absolute atomic E-state index is 0.391. The Morgan fingerprint density at radius 3 is 2.62 bits per heavy atom. The fourth-order valence-electron chi connectivity index (χ4n) is 1.07. The molecule has 1 unspecified atom stereocenters. The van der Waals surface area contributed by atoms with Crippen molar-refractivity contribution in [1.82, 2.24) is 10.2 Å². The first kappa shape index (κ1) is 13.2. The van der Waals surface area contributed by atoms with E-state index < -0.39 is 0 Å². The Morgan fingerprint density at radius 1 is 1.46 bits per heavy atom. The lowest BCUT2D eigenvalue weighted by atomic mass is 10.2. The average Bonchev–Trinajstić information content (AvgIpc) is 2.04. The first-order valence-electron chi connectivity index (χ1n) is 4.63. The second kappa shape index (κ2) is 8.75. The molecule has 1 atom stereocenters. The number of nitrogens with zero attached hydrogens (tertiary/aromatic N) is 1. The van der Waals surface area contributed by atoms with E-state index in [2.05, 4.69) is 24.3 Å². The van der Waals surface area contributed by atoms with Crippen LogP contribution in [0, 0.1) is 0 Å². The summed E-state index contributed by atoms with van der Waals surface area (Å²) in [5.41, 5.74) is 0. The van der Waals surface area contributed by atoms with Crippen LogP contribution in [0.25, 0.3) is 0 Å². The second-order valence-electron chi connectivity index (χ2n) is 3.39. The summed E-state index contributed by atoms with van der Waals surface area (Å²) >= 11 is 5.67. The molecule has 0 amide bonds. The van der Waals surface area contributed by atoms with Gasteiger partial charge in [0.1, 0.15) is 0 Å². The Hall–Kier alpha value is 0.170. The van der Waals surface area contributed by atoms with Crippen LogP contribution in [0.2, 0.25) is 0 Å². The third kappa shape index (κ3) is 8.50. The van der Waals surface area contributed by atoms with Gasteiger partial charge in [-0.25, -0.2) is 0 Å². The van der Waals surface area contributed by atoms with Gasteiger partial charge in [0, 0.05) is 32.1 Å². The lowest BCUT2D eigenvalue weighted by Crippen LogP contribution is -2.37. The molecule has 0 rings (SSSR count). The fourth-order valence-corrected chi connectivity index (χ4v) is 1.33. The largest absolute Gasteiger partial charge is 0.383 e. The molecule has 0 aromatic rings. The van der Waals surface area contributed by atoms with Crippen LogP contribution in [0.5, 0.6) is 0 Å². The van der Waals surface area contributed by atoms with E-state index in [9.17, 15) is 0 Å². The van der Waals surface area contributed by atoms with Crippen LogP contribution in [0.4, 0.5) is 0 Å². The molecule has 0 aliphatic heterocycles. The molecule has 0 saturated carbocycles. The summed E-state index contributed by atoms with van der Waals surface area (Å²) in [5, 5.41) is 3.40. The van der Waals surface area contributed by atoms with E-state index in [1.165, 1.54) is 0 Å². The van der Waals surface area contributed by atoms with E-state index in [4.69, 9.17) is 16.3 Å². The van der Waals surface area contributed by atoms with Gasteiger partial charge in [0.05, 0.1) is 6.61 Å². The highest BCUT2D eigenvalue weighted by Gasteiger charge is 2.05. The van der Waals surface area contributed by atoms with Gasteiger partial charge in [-0.15, -0.1) is 11.6 Å². The number of hydrogen-bond acceptors (Lipinski definition) is 3. The van der Waals surface area contributed by atoms with Crippen LogP contribution in [-0.4, -0.2) is 57.7 Å². The van der Waals surface area contributed by atoms with Gasteiger partial charge < -0.3 is 15.0 Å². The lowest BCUT2D eigenvalue weighted by molar-refractivity contribution is 0.163. The summed E-state index contributed by atoms with van der Waals surface area (Å²) in [7, 11) is 5.85. The minimum atomic E-state index is 0.391. The molecule has 0 aliphatic carbocycles. The van der Waals surface area contributed by atoms with Crippen LogP contribution in [0.1, 0.15) is 6.42 Å². The highest BCUT2D eigenvalue weighted by molar-refractivity contribution is 6.17. The third-order valence-corrected chi connectivity index (χ3v) is 2.04. The molecule has 0 saturated heterocycles. The number of ether oxygens (including phenoxy) is 1. The number of likely N-dealkylation sites (N-methyl/N-ethyl adjacent to an activating group) is 1. The highest BCUT2D eigenvalue weighted by Crippen LogP contribution is 1.94. The molecule has 3 nitrogen and oxygen atoms in total. The summed E-state index contributed by atoms with van der Waals surface area (Å²) in [4.78, 5) is 2.15. The molecule has 0 spiro atoms. The number of hydrogen-bond donors (Lipinski definition) is 1. The van der Waals surface area contributed by atoms with Crippen molar-refractivity contribution in [1.29, 1.82) is 0 Å². The zero-order valence-corrected chi connectivity index (χ0v) is 9.60. The topological polar surface area (TPSA) is 24.5 Å². The van der Waals surface area contributed by atoms with Crippen molar-refractivity contribution in [2.45, 2.75) is 12.5 Å². The molecule has 0 aliphatic rings. The molecule has 80 valence electrons. The lowest BCUT2D eigenvalue weighted by Gasteiger charge is -2.18. The molecule has 1 N–H and O–H groups in total. The summed E-state index contributed by atoms with van der Waals surface area (Å²) in [6.45, 7) is 2.76. The fraction of sp³-hybridized carbons (Fsp3) is 1.00. The van der Waals surface area contributed by atoms with Crippen molar-refractivity contribution >= 4 is 11.6 Å². The first-order valence-corrected chi connectivity index (χ1v) is 5.17. The molecule has 0 bridgehead atoms. The zero-order chi connectivity index (χ0) is 10.1. The molecule has 4 heteroatoms. The SMILES string of the molecule is COCC(CCCl)NCCN(C)C. The standard InChI is InChI=1S/C9H21ClN2O/c1-12(2)7-6-11-9(4-5-10)8-13-3/h9,11H,4-8H2,1-3H3. The Bertz CT molecular complexity index is 106. The van der Waals surface area contributed by atoms with Gasteiger partial charge in [0.15, 0.2) is 0 Å². The summed E-state index contributed by atoms with van der Waals surface area (Å²) < 4.78 is 5.08. The number of halogens is 1. The second-order valence-corrected chi connectivity index (χ2v) is 3.77. The highest BCUT2D eigenvalue weighted by atomic mass is 35.5. The van der Waals surface area contributed by atoms with Gasteiger partial charge in [-0.05, 0) is 20.5 Å². The number of rotatable bonds is 8. The smallest absolute Gasteiger partial charge is 0.0616 e. The van der Waals surface area contributed by atoms with Crippen LogP contribution in [0.15, 0.2) is 0 Å². The summed E-state index contributed by atoms with van der Waals surface area (Å²) in [5.74, 6) is 0.684. The van der Waals surface area contributed by atoms with E-state index in [1.807, 2.05) is 0 Å². The van der Waals surface area contributed by atoms with Crippen molar-refractivity contribution in [2.24, 2.45) is 0 Å². The van der Waals surface area contributed by atoms with E-state index in [1.54, 1.807) is 7.11 Å². The van der Waals surface area contributed by atoms with Crippen molar-refractivity contribution < 1.29 is 4.74 Å². The maximum atomic E-state index is 5.67. The zero-order valence-electron chi connectivity index (χ0n) is 8.85. The maximum absolute atomic E-state index is 5.67. The van der Waals surface area contributed by atoms with Crippen LogP contribution >= 0.6 is 11.6 Å². The number of nitrogens with one attached hydrogen (secondary N) is 1. The normalized spacial score (nSPS) is 13.6. The van der Waals surface area contributed by atoms with Gasteiger partial charge in [-0.3, -0.25) is 0 Å². The molecular weight excluding hydrogens is 188 g/mol. The van der Waals surface area contributed by atoms with E-state index >= 15 is 0 Å². The van der Waals surface area contributed by atoms with Gasteiger partial charge in [-0.1, -0.05) is 0 Å². The number of alkyl halides is 1. The molecule has 0 fully saturated rings. The molecule has 0 aromatic carbocycles. The van der Waals surface area contributed by atoms with Crippen LogP contribution in [0.3, 0.4) is 0 Å². The van der Waals surface area contributed by atoms with Gasteiger partial charge in [0.2, 0.25) is 0 Å².